The van der Waals surface area contributed by atoms with Crippen molar-refractivity contribution in [2.75, 3.05) is 13.1 Å². The number of nitrogens with one attached hydrogen (secondary N) is 1. The Kier molecular flexibility index (Phi) is 7.85. The number of sulfonamides is 1. The maximum absolute atomic E-state index is 12.8. The number of aryl methyl sites for hydroxylation is 2. The van der Waals surface area contributed by atoms with Crippen molar-refractivity contribution in [3.05, 3.63) is 101 Å². The van der Waals surface area contributed by atoms with E-state index in [1.165, 1.54) is 22.8 Å². The molecule has 1 amide bonds. The lowest BCUT2D eigenvalue weighted by atomic mass is 9.97. The molecule has 9 heteroatoms. The van der Waals surface area contributed by atoms with Gasteiger partial charge in [-0.15, -0.1) is 0 Å². The van der Waals surface area contributed by atoms with Crippen LogP contribution < -0.4 is 5.32 Å². The summed E-state index contributed by atoms with van der Waals surface area (Å²) in [6.45, 7) is 4.27. The summed E-state index contributed by atoms with van der Waals surface area (Å²) in [6, 6.07) is 15.1. The summed E-state index contributed by atoms with van der Waals surface area (Å²) in [7, 11) is -3.60. The molecule has 0 fully saturated rings. The second-order valence-corrected chi connectivity index (χ2v) is 11.0. The van der Waals surface area contributed by atoms with E-state index in [4.69, 9.17) is 0 Å². The van der Waals surface area contributed by atoms with Crippen molar-refractivity contribution in [1.29, 1.82) is 0 Å². The zero-order valence-electron chi connectivity index (χ0n) is 20.7. The third kappa shape index (κ3) is 5.95. The van der Waals surface area contributed by atoms with Crippen LogP contribution in [0.25, 0.3) is 5.57 Å². The lowest BCUT2D eigenvalue weighted by Crippen LogP contribution is -2.42. The molecule has 2 aromatic carbocycles. The van der Waals surface area contributed by atoms with E-state index in [1.807, 2.05) is 62.4 Å². The molecular formula is C28H29N3O5S. The number of carbonyl (C=O) groups is 2. The van der Waals surface area contributed by atoms with Crippen LogP contribution in [0.15, 0.2) is 78.0 Å². The highest BCUT2D eigenvalue weighted by molar-refractivity contribution is 7.89. The number of nitrogens with zero attached hydrogens (tertiary/aromatic N) is 2. The van der Waals surface area contributed by atoms with Gasteiger partial charge in [-0.3, -0.25) is 9.78 Å². The van der Waals surface area contributed by atoms with Crippen LogP contribution in [-0.4, -0.2) is 53.8 Å². The van der Waals surface area contributed by atoms with E-state index in [1.54, 1.807) is 6.07 Å². The number of hydrogen-bond donors (Lipinski definition) is 2. The minimum absolute atomic E-state index is 0.141. The average molecular weight is 520 g/mol. The molecule has 2 heterocycles. The fourth-order valence-electron chi connectivity index (χ4n) is 4.47. The molecule has 0 unspecified atom stereocenters. The number of aliphatic carboxylic acids is 1. The molecule has 192 valence electrons. The summed E-state index contributed by atoms with van der Waals surface area (Å²) in [6.07, 6.45) is 5.49. The number of benzene rings is 2. The molecule has 1 aromatic heterocycles. The Morgan fingerprint density at radius 3 is 2.32 bits per heavy atom. The van der Waals surface area contributed by atoms with Gasteiger partial charge in [0.25, 0.3) is 5.91 Å². The van der Waals surface area contributed by atoms with E-state index in [0.717, 1.165) is 27.8 Å². The molecule has 4 rings (SSSR count). The minimum Gasteiger partial charge on any atom is -0.480 e. The maximum atomic E-state index is 12.8. The predicted octanol–water partition coefficient (Wildman–Crippen LogP) is 3.60. The largest absolute Gasteiger partial charge is 0.480 e. The second-order valence-electron chi connectivity index (χ2n) is 9.06. The predicted molar refractivity (Wildman–Crippen MR) is 141 cm³/mol. The highest BCUT2D eigenvalue weighted by Gasteiger charge is 2.27. The van der Waals surface area contributed by atoms with E-state index in [-0.39, 0.29) is 17.9 Å². The molecule has 0 saturated carbocycles. The Labute approximate surface area is 216 Å². The Balaban J connectivity index is 1.42. The quantitative estimate of drug-likeness (QED) is 0.470. The van der Waals surface area contributed by atoms with Gasteiger partial charge in [-0.05, 0) is 60.2 Å². The van der Waals surface area contributed by atoms with Gasteiger partial charge in [0.1, 0.15) is 10.9 Å². The van der Waals surface area contributed by atoms with E-state index in [9.17, 15) is 23.1 Å². The molecule has 8 nitrogen and oxygen atoms in total. The number of pyridine rings is 1. The lowest BCUT2D eigenvalue weighted by molar-refractivity contribution is -0.139. The summed E-state index contributed by atoms with van der Waals surface area (Å²) in [4.78, 5) is 28.8. The number of aromatic nitrogens is 1. The minimum atomic E-state index is -3.60. The summed E-state index contributed by atoms with van der Waals surface area (Å²) in [5, 5.41) is 12.4. The van der Waals surface area contributed by atoms with Crippen molar-refractivity contribution >= 4 is 27.5 Å². The molecular weight excluding hydrogens is 490 g/mol. The zero-order chi connectivity index (χ0) is 26.6. The normalized spacial score (nSPS) is 15.0. The van der Waals surface area contributed by atoms with Crippen molar-refractivity contribution in [1.82, 2.24) is 14.6 Å². The van der Waals surface area contributed by atoms with Crippen LogP contribution in [0.2, 0.25) is 0 Å². The molecule has 0 saturated heterocycles. The van der Waals surface area contributed by atoms with Gasteiger partial charge in [-0.25, -0.2) is 13.2 Å². The monoisotopic (exact) mass is 519 g/mol. The van der Waals surface area contributed by atoms with Crippen molar-refractivity contribution in [3.8, 4) is 0 Å². The smallest absolute Gasteiger partial charge is 0.326 e. The summed E-state index contributed by atoms with van der Waals surface area (Å²) >= 11 is 0. The van der Waals surface area contributed by atoms with Gasteiger partial charge < -0.3 is 10.4 Å². The first-order valence-electron chi connectivity index (χ1n) is 11.9. The molecule has 0 radical (unpaired) electrons. The number of carboxylic acids is 1. The van der Waals surface area contributed by atoms with E-state index in [2.05, 4.69) is 10.3 Å². The highest BCUT2D eigenvalue weighted by Crippen LogP contribution is 2.26. The Bertz CT molecular complexity index is 1410. The van der Waals surface area contributed by atoms with E-state index >= 15 is 0 Å². The van der Waals surface area contributed by atoms with Gasteiger partial charge in [0.05, 0.1) is 0 Å². The molecule has 2 N–H and O–H groups in total. The van der Waals surface area contributed by atoms with Crippen molar-refractivity contribution < 1.29 is 23.1 Å². The van der Waals surface area contributed by atoms with Crippen LogP contribution in [0.5, 0.6) is 0 Å². The standard InChI is InChI=1S/C28H29N3O5S/c1-19-5-3-6-20(2)26(19)27(32)30-25(28(33)34)17-21-8-10-22(11-9-21)23-12-15-31(16-13-23)37(35,36)24-7-4-14-29-18-24/h3-12,14,18,25H,13,15-17H2,1-2H3,(H,30,32)(H,33,34)/t25-/m0/s1. The topological polar surface area (TPSA) is 117 Å². The van der Waals surface area contributed by atoms with Crippen molar-refractivity contribution in [3.63, 3.8) is 0 Å². The fourth-order valence-corrected chi connectivity index (χ4v) is 5.82. The molecule has 0 aliphatic carbocycles. The summed E-state index contributed by atoms with van der Waals surface area (Å²) in [5.74, 6) is -1.51. The molecule has 37 heavy (non-hydrogen) atoms. The fraction of sp³-hybridized carbons (Fsp3) is 0.250. The van der Waals surface area contributed by atoms with Crippen LogP contribution in [0.1, 0.15) is 39.0 Å². The van der Waals surface area contributed by atoms with Crippen LogP contribution >= 0.6 is 0 Å². The number of amides is 1. The first kappa shape index (κ1) is 26.2. The number of carboxylic acid groups (broad SMARTS) is 1. The average Bonchev–Trinajstić information content (AvgIpc) is 2.89. The van der Waals surface area contributed by atoms with Gasteiger partial charge in [-0.1, -0.05) is 48.5 Å². The molecule has 0 spiro atoms. The third-order valence-corrected chi connectivity index (χ3v) is 8.37. The highest BCUT2D eigenvalue weighted by atomic mass is 32.2. The van der Waals surface area contributed by atoms with E-state index < -0.39 is 27.9 Å². The molecule has 0 bridgehead atoms. The van der Waals surface area contributed by atoms with Gasteiger partial charge in [-0.2, -0.15) is 4.31 Å². The van der Waals surface area contributed by atoms with E-state index in [0.29, 0.717) is 18.5 Å². The first-order valence-corrected chi connectivity index (χ1v) is 13.4. The van der Waals surface area contributed by atoms with Crippen molar-refractivity contribution in [2.45, 2.75) is 37.6 Å². The second kappa shape index (κ2) is 11.1. The van der Waals surface area contributed by atoms with Crippen LogP contribution in [0.3, 0.4) is 0 Å². The van der Waals surface area contributed by atoms with Crippen molar-refractivity contribution in [2.24, 2.45) is 0 Å². The Morgan fingerprint density at radius 1 is 1.05 bits per heavy atom. The SMILES string of the molecule is Cc1cccc(C)c1C(=O)N[C@@H](Cc1ccc(C2=CCN(S(=O)(=O)c3cccnc3)CC2)cc1)C(=O)O. The first-order chi connectivity index (χ1) is 17.7. The van der Waals surface area contributed by atoms with Crippen LogP contribution in [0, 0.1) is 13.8 Å². The maximum Gasteiger partial charge on any atom is 0.326 e. The Hall–Kier alpha value is -3.82. The van der Waals surface area contributed by atoms with Gasteiger partial charge >= 0.3 is 5.97 Å². The molecule has 1 atom stereocenters. The molecule has 1 aliphatic rings. The third-order valence-electron chi connectivity index (χ3n) is 6.52. The van der Waals surface area contributed by atoms with Crippen LogP contribution in [-0.2, 0) is 21.2 Å². The van der Waals surface area contributed by atoms with Gasteiger partial charge in [0.2, 0.25) is 10.0 Å². The molecule has 1 aliphatic heterocycles. The van der Waals surface area contributed by atoms with Crippen LogP contribution in [0.4, 0.5) is 0 Å². The van der Waals surface area contributed by atoms with Gasteiger partial charge in [0, 0.05) is 37.5 Å². The Morgan fingerprint density at radius 2 is 1.76 bits per heavy atom. The number of hydrogen-bond acceptors (Lipinski definition) is 5. The zero-order valence-corrected chi connectivity index (χ0v) is 21.5. The summed E-state index contributed by atoms with van der Waals surface area (Å²) in [5.41, 5.74) is 4.83. The van der Waals surface area contributed by atoms with Gasteiger partial charge in [0.15, 0.2) is 0 Å². The number of rotatable bonds is 8. The molecule has 3 aromatic rings. The number of carbonyl (C=O) groups excluding carboxylic acids is 1. The summed E-state index contributed by atoms with van der Waals surface area (Å²) < 4.78 is 27.1. The lowest BCUT2D eigenvalue weighted by Gasteiger charge is -2.26.